The fourth-order valence-electron chi connectivity index (χ4n) is 0.915. The number of nitrogens with zero attached hydrogens (tertiary/aromatic N) is 1. The number of oxime groups is 1. The van der Waals surface area contributed by atoms with Gasteiger partial charge in [-0.05, 0) is 24.1 Å². The van der Waals surface area contributed by atoms with Crippen molar-refractivity contribution in [2.75, 3.05) is 6.61 Å². The van der Waals surface area contributed by atoms with Crippen LogP contribution in [0.3, 0.4) is 0 Å². The van der Waals surface area contributed by atoms with E-state index < -0.39 is 0 Å². The largest absolute Gasteiger partial charge is 0.507 e. The van der Waals surface area contributed by atoms with Crippen LogP contribution in [0, 0.1) is 5.92 Å². The van der Waals surface area contributed by atoms with Gasteiger partial charge in [0.15, 0.2) is 0 Å². The summed E-state index contributed by atoms with van der Waals surface area (Å²) in [5.74, 6) is 0.561. The van der Waals surface area contributed by atoms with Crippen molar-refractivity contribution in [1.82, 2.24) is 0 Å². The van der Waals surface area contributed by atoms with E-state index in [2.05, 4.69) is 5.16 Å². The molecule has 0 aromatic heterocycles. The normalized spacial score (nSPS) is 11.2. The number of phenolic OH excluding ortho intramolecular Hbond substituents is 1. The summed E-state index contributed by atoms with van der Waals surface area (Å²) in [6.45, 7) is 4.62. The lowest BCUT2D eigenvalue weighted by atomic mass is 10.2. The lowest BCUT2D eigenvalue weighted by molar-refractivity contribution is 0.120. The first-order valence-corrected chi connectivity index (χ1v) is 5.11. The molecule has 0 spiro atoms. The van der Waals surface area contributed by atoms with E-state index >= 15 is 0 Å². The zero-order valence-corrected chi connectivity index (χ0v) is 9.53. The molecule has 0 aliphatic rings. The van der Waals surface area contributed by atoms with Gasteiger partial charge >= 0.3 is 0 Å². The second-order valence-corrected chi connectivity index (χ2v) is 4.06. The molecular weight excluding hydrogens is 214 g/mol. The summed E-state index contributed by atoms with van der Waals surface area (Å²) < 4.78 is 0. The van der Waals surface area contributed by atoms with E-state index in [4.69, 9.17) is 16.4 Å². The molecule has 1 aromatic carbocycles. The minimum atomic E-state index is 0.135. The van der Waals surface area contributed by atoms with Gasteiger partial charge < -0.3 is 9.94 Å². The monoisotopic (exact) mass is 227 g/mol. The average molecular weight is 228 g/mol. The van der Waals surface area contributed by atoms with Crippen molar-refractivity contribution in [3.05, 3.63) is 28.8 Å². The van der Waals surface area contributed by atoms with E-state index in [1.165, 1.54) is 12.3 Å². The zero-order chi connectivity index (χ0) is 11.3. The molecule has 0 unspecified atom stereocenters. The molecule has 0 saturated heterocycles. The molecular formula is C11H14ClNO2. The third-order valence-electron chi connectivity index (χ3n) is 1.66. The Morgan fingerprint density at radius 1 is 1.53 bits per heavy atom. The maximum Gasteiger partial charge on any atom is 0.124 e. The van der Waals surface area contributed by atoms with Crippen LogP contribution in [0.25, 0.3) is 0 Å². The number of benzene rings is 1. The quantitative estimate of drug-likeness (QED) is 0.635. The fraction of sp³-hybridized carbons (Fsp3) is 0.364. The molecule has 0 fully saturated rings. The van der Waals surface area contributed by atoms with E-state index in [0.29, 0.717) is 23.1 Å². The molecule has 82 valence electrons. The van der Waals surface area contributed by atoms with E-state index in [1.54, 1.807) is 12.1 Å². The molecule has 0 bridgehead atoms. The Balaban J connectivity index is 2.59. The number of phenols is 1. The SMILES string of the molecule is CC(C)CON=Cc1cc(Cl)ccc1O. The van der Waals surface area contributed by atoms with Crippen molar-refractivity contribution in [2.24, 2.45) is 11.1 Å². The van der Waals surface area contributed by atoms with Gasteiger partial charge in [-0.25, -0.2) is 0 Å². The summed E-state index contributed by atoms with van der Waals surface area (Å²) in [6, 6.07) is 4.76. The van der Waals surface area contributed by atoms with Gasteiger partial charge in [-0.3, -0.25) is 0 Å². The topological polar surface area (TPSA) is 41.8 Å². The van der Waals surface area contributed by atoms with Gasteiger partial charge in [0.1, 0.15) is 12.4 Å². The Morgan fingerprint density at radius 3 is 2.93 bits per heavy atom. The second-order valence-electron chi connectivity index (χ2n) is 3.63. The van der Waals surface area contributed by atoms with Gasteiger partial charge in [0, 0.05) is 10.6 Å². The summed E-state index contributed by atoms with van der Waals surface area (Å²) in [6.07, 6.45) is 1.45. The van der Waals surface area contributed by atoms with Gasteiger partial charge in [-0.15, -0.1) is 0 Å². The highest BCUT2D eigenvalue weighted by atomic mass is 35.5. The van der Waals surface area contributed by atoms with Gasteiger partial charge in [0.05, 0.1) is 6.21 Å². The molecule has 0 heterocycles. The molecule has 4 heteroatoms. The van der Waals surface area contributed by atoms with Crippen LogP contribution >= 0.6 is 11.6 Å². The first kappa shape index (κ1) is 11.9. The first-order chi connectivity index (χ1) is 7.09. The minimum Gasteiger partial charge on any atom is -0.507 e. The third kappa shape index (κ3) is 4.21. The number of rotatable bonds is 4. The molecule has 1 rings (SSSR count). The Kier molecular flexibility index (Phi) is 4.43. The molecule has 1 N–H and O–H groups in total. The van der Waals surface area contributed by atoms with Crippen LogP contribution in [0.2, 0.25) is 5.02 Å². The fourth-order valence-corrected chi connectivity index (χ4v) is 1.10. The van der Waals surface area contributed by atoms with Crippen LogP contribution in [0.5, 0.6) is 5.75 Å². The van der Waals surface area contributed by atoms with Crippen molar-refractivity contribution < 1.29 is 9.94 Å². The van der Waals surface area contributed by atoms with Crippen molar-refractivity contribution in [3.63, 3.8) is 0 Å². The maximum absolute atomic E-state index is 9.44. The van der Waals surface area contributed by atoms with E-state index in [1.807, 2.05) is 13.8 Å². The molecule has 1 aromatic rings. The Bertz CT molecular complexity index is 350. The van der Waals surface area contributed by atoms with Crippen LogP contribution in [0.1, 0.15) is 19.4 Å². The Morgan fingerprint density at radius 2 is 2.27 bits per heavy atom. The smallest absolute Gasteiger partial charge is 0.124 e. The van der Waals surface area contributed by atoms with E-state index in [0.717, 1.165) is 0 Å². The number of halogens is 1. The number of hydrogen-bond donors (Lipinski definition) is 1. The summed E-state index contributed by atoms with van der Waals surface area (Å²) in [5.41, 5.74) is 0.547. The molecule has 15 heavy (non-hydrogen) atoms. The Hall–Kier alpha value is -1.22. The number of hydrogen-bond acceptors (Lipinski definition) is 3. The lowest BCUT2D eigenvalue weighted by Gasteiger charge is -2.02. The van der Waals surface area contributed by atoms with Crippen LogP contribution in [-0.4, -0.2) is 17.9 Å². The summed E-state index contributed by atoms with van der Waals surface area (Å²) >= 11 is 5.77. The van der Waals surface area contributed by atoms with Crippen LogP contribution in [0.15, 0.2) is 23.4 Å². The van der Waals surface area contributed by atoms with E-state index in [-0.39, 0.29) is 5.75 Å². The highest BCUT2D eigenvalue weighted by Crippen LogP contribution is 2.19. The first-order valence-electron chi connectivity index (χ1n) is 4.73. The molecule has 0 saturated carbocycles. The predicted octanol–water partition coefficient (Wildman–Crippen LogP) is 3.05. The van der Waals surface area contributed by atoms with Crippen LogP contribution in [-0.2, 0) is 4.84 Å². The molecule has 0 aliphatic carbocycles. The standard InChI is InChI=1S/C11H14ClNO2/c1-8(2)7-15-13-6-9-5-10(12)3-4-11(9)14/h3-6,8,14H,7H2,1-2H3. The lowest BCUT2D eigenvalue weighted by Crippen LogP contribution is -1.97. The predicted molar refractivity (Wildman–Crippen MR) is 61.5 cm³/mol. The molecule has 0 amide bonds. The third-order valence-corrected chi connectivity index (χ3v) is 1.90. The zero-order valence-electron chi connectivity index (χ0n) is 8.77. The van der Waals surface area contributed by atoms with Gasteiger partial charge in [0.25, 0.3) is 0 Å². The van der Waals surface area contributed by atoms with Crippen molar-refractivity contribution in [2.45, 2.75) is 13.8 Å². The van der Waals surface area contributed by atoms with Crippen molar-refractivity contribution in [3.8, 4) is 5.75 Å². The van der Waals surface area contributed by atoms with Crippen molar-refractivity contribution >= 4 is 17.8 Å². The van der Waals surface area contributed by atoms with E-state index in [9.17, 15) is 5.11 Å². The average Bonchev–Trinajstić information content (AvgIpc) is 2.17. The van der Waals surface area contributed by atoms with Crippen LogP contribution in [0.4, 0.5) is 0 Å². The molecule has 3 nitrogen and oxygen atoms in total. The highest BCUT2D eigenvalue weighted by Gasteiger charge is 1.99. The molecule has 0 aliphatic heterocycles. The van der Waals surface area contributed by atoms with Crippen LogP contribution < -0.4 is 0 Å². The summed E-state index contributed by atoms with van der Waals surface area (Å²) in [4.78, 5) is 5.01. The summed E-state index contributed by atoms with van der Waals surface area (Å²) in [7, 11) is 0. The number of aromatic hydroxyl groups is 1. The molecule has 0 radical (unpaired) electrons. The van der Waals surface area contributed by atoms with Gasteiger partial charge in [0.2, 0.25) is 0 Å². The Labute approximate surface area is 94.3 Å². The van der Waals surface area contributed by atoms with Crippen molar-refractivity contribution in [1.29, 1.82) is 0 Å². The second kappa shape index (κ2) is 5.61. The minimum absolute atomic E-state index is 0.135. The van der Waals surface area contributed by atoms with Gasteiger partial charge in [-0.1, -0.05) is 30.6 Å². The van der Waals surface area contributed by atoms with Gasteiger partial charge in [-0.2, -0.15) is 0 Å². The summed E-state index contributed by atoms with van der Waals surface area (Å²) in [5, 5.41) is 13.7. The molecule has 0 atom stereocenters. The maximum atomic E-state index is 9.44. The highest BCUT2D eigenvalue weighted by molar-refractivity contribution is 6.30.